The molecule has 0 amide bonds. The van der Waals surface area contributed by atoms with E-state index < -0.39 is 0 Å². The minimum atomic E-state index is 0.602. The summed E-state index contributed by atoms with van der Waals surface area (Å²) in [7, 11) is 0. The van der Waals surface area contributed by atoms with Gasteiger partial charge in [-0.1, -0.05) is 13.8 Å². The second-order valence-electron chi connectivity index (χ2n) is 5.11. The van der Waals surface area contributed by atoms with Crippen molar-refractivity contribution in [1.29, 1.82) is 0 Å². The Balaban J connectivity index is 2.19. The van der Waals surface area contributed by atoms with Gasteiger partial charge in [0.05, 0.1) is 0 Å². The van der Waals surface area contributed by atoms with Gasteiger partial charge in [0, 0.05) is 12.5 Å². The highest BCUT2D eigenvalue weighted by molar-refractivity contribution is 4.99. The molecule has 0 aromatic carbocycles. The largest absolute Gasteiger partial charge is 0.317 e. The Hall–Kier alpha value is -0.900. The Morgan fingerprint density at radius 3 is 2.62 bits per heavy atom. The number of nitrogens with one attached hydrogen (secondary N) is 1. The second-order valence-corrected chi connectivity index (χ2v) is 5.11. The zero-order chi connectivity index (χ0) is 11.5. The van der Waals surface area contributed by atoms with Crippen LogP contribution in [0.5, 0.6) is 0 Å². The number of aromatic nitrogens is 3. The van der Waals surface area contributed by atoms with Crippen LogP contribution in [0.1, 0.15) is 44.4 Å². The summed E-state index contributed by atoms with van der Waals surface area (Å²) >= 11 is 0. The Labute approximate surface area is 97.5 Å². The van der Waals surface area contributed by atoms with Crippen LogP contribution in [0.25, 0.3) is 0 Å². The first-order valence-electron chi connectivity index (χ1n) is 6.29. The molecule has 4 nitrogen and oxygen atoms in total. The molecule has 1 aliphatic heterocycles. The van der Waals surface area contributed by atoms with Crippen molar-refractivity contribution in [1.82, 2.24) is 20.1 Å². The maximum atomic E-state index is 4.32. The van der Waals surface area contributed by atoms with Gasteiger partial charge < -0.3 is 9.88 Å². The lowest BCUT2D eigenvalue weighted by Gasteiger charge is -2.26. The van der Waals surface area contributed by atoms with Crippen molar-refractivity contribution in [2.45, 2.75) is 46.1 Å². The van der Waals surface area contributed by atoms with E-state index in [9.17, 15) is 0 Å². The van der Waals surface area contributed by atoms with Gasteiger partial charge in [-0.05, 0) is 38.8 Å². The fraction of sp³-hybridized carbons (Fsp3) is 0.833. The van der Waals surface area contributed by atoms with Crippen LogP contribution < -0.4 is 5.32 Å². The minimum absolute atomic E-state index is 0.602. The van der Waals surface area contributed by atoms with Crippen LogP contribution in [0.3, 0.4) is 0 Å². The first kappa shape index (κ1) is 11.6. The van der Waals surface area contributed by atoms with E-state index in [0.717, 1.165) is 25.3 Å². The number of hydrogen-bond acceptors (Lipinski definition) is 3. The number of piperidine rings is 1. The molecule has 1 fully saturated rings. The van der Waals surface area contributed by atoms with E-state index in [4.69, 9.17) is 0 Å². The van der Waals surface area contributed by atoms with Gasteiger partial charge in [-0.15, -0.1) is 10.2 Å². The third kappa shape index (κ3) is 2.43. The topological polar surface area (TPSA) is 42.7 Å². The molecule has 0 radical (unpaired) electrons. The van der Waals surface area contributed by atoms with Crippen molar-refractivity contribution in [2.75, 3.05) is 13.1 Å². The monoisotopic (exact) mass is 222 g/mol. The molecule has 16 heavy (non-hydrogen) atoms. The molecule has 0 bridgehead atoms. The molecule has 1 aromatic rings. The smallest absolute Gasteiger partial charge is 0.133 e. The molecule has 90 valence electrons. The number of aryl methyl sites for hydroxylation is 1. The maximum Gasteiger partial charge on any atom is 0.133 e. The normalized spacial score (nSPS) is 18.2. The van der Waals surface area contributed by atoms with E-state index in [-0.39, 0.29) is 0 Å². The van der Waals surface area contributed by atoms with Crippen LogP contribution in [0.2, 0.25) is 0 Å². The Bertz CT molecular complexity index is 337. The Morgan fingerprint density at radius 1 is 1.31 bits per heavy atom. The first-order valence-corrected chi connectivity index (χ1v) is 6.29. The fourth-order valence-corrected chi connectivity index (χ4v) is 2.46. The standard InChI is InChI=1S/C12H22N4/c1-9(2)8-12-15-14-10(3)16(12)11-4-6-13-7-5-11/h9,11,13H,4-8H2,1-3H3. The summed E-state index contributed by atoms with van der Waals surface area (Å²) in [5.74, 6) is 2.88. The van der Waals surface area contributed by atoms with Crippen molar-refractivity contribution < 1.29 is 0 Å². The van der Waals surface area contributed by atoms with E-state index in [1.165, 1.54) is 18.7 Å². The lowest BCUT2D eigenvalue weighted by Crippen LogP contribution is -2.30. The molecular formula is C12H22N4. The molecule has 2 heterocycles. The van der Waals surface area contributed by atoms with Crippen LogP contribution in [-0.2, 0) is 6.42 Å². The van der Waals surface area contributed by atoms with E-state index in [1.807, 2.05) is 0 Å². The number of nitrogens with zero attached hydrogens (tertiary/aromatic N) is 3. The lowest BCUT2D eigenvalue weighted by atomic mass is 10.0. The van der Waals surface area contributed by atoms with Crippen LogP contribution >= 0.6 is 0 Å². The SMILES string of the molecule is Cc1nnc(CC(C)C)n1C1CCNCC1. The van der Waals surface area contributed by atoms with Crippen LogP contribution in [0.15, 0.2) is 0 Å². The molecule has 1 N–H and O–H groups in total. The predicted octanol–water partition coefficient (Wildman–Crippen LogP) is 1.71. The van der Waals surface area contributed by atoms with Crippen molar-refractivity contribution in [3.05, 3.63) is 11.6 Å². The predicted molar refractivity (Wildman–Crippen MR) is 64.4 cm³/mol. The quantitative estimate of drug-likeness (QED) is 0.846. The summed E-state index contributed by atoms with van der Waals surface area (Å²) in [5, 5.41) is 12.0. The van der Waals surface area contributed by atoms with E-state index in [0.29, 0.717) is 12.0 Å². The molecule has 0 atom stereocenters. The summed E-state index contributed by atoms with van der Waals surface area (Å²) in [4.78, 5) is 0. The highest BCUT2D eigenvalue weighted by Gasteiger charge is 2.20. The van der Waals surface area contributed by atoms with Crippen LogP contribution in [-0.4, -0.2) is 27.9 Å². The fourth-order valence-electron chi connectivity index (χ4n) is 2.46. The van der Waals surface area contributed by atoms with Crippen molar-refractivity contribution in [3.63, 3.8) is 0 Å². The molecule has 1 saturated heterocycles. The highest BCUT2D eigenvalue weighted by Crippen LogP contribution is 2.22. The highest BCUT2D eigenvalue weighted by atomic mass is 15.3. The minimum Gasteiger partial charge on any atom is -0.317 e. The van der Waals surface area contributed by atoms with Crippen LogP contribution in [0, 0.1) is 12.8 Å². The average Bonchev–Trinajstić information content (AvgIpc) is 2.60. The van der Waals surface area contributed by atoms with Crippen molar-refractivity contribution in [3.8, 4) is 0 Å². The molecular weight excluding hydrogens is 200 g/mol. The molecule has 2 rings (SSSR count). The molecule has 0 unspecified atom stereocenters. The molecule has 1 aliphatic rings. The molecule has 0 saturated carbocycles. The van der Waals surface area contributed by atoms with E-state index in [1.54, 1.807) is 0 Å². The van der Waals surface area contributed by atoms with E-state index in [2.05, 4.69) is 40.9 Å². The summed E-state index contributed by atoms with van der Waals surface area (Å²) < 4.78 is 2.36. The van der Waals surface area contributed by atoms with Gasteiger partial charge >= 0.3 is 0 Å². The Kier molecular flexibility index (Phi) is 3.59. The zero-order valence-corrected chi connectivity index (χ0v) is 10.5. The van der Waals surface area contributed by atoms with Gasteiger partial charge in [0.25, 0.3) is 0 Å². The molecule has 4 heteroatoms. The third-order valence-electron chi connectivity index (χ3n) is 3.20. The van der Waals surface area contributed by atoms with Crippen molar-refractivity contribution >= 4 is 0 Å². The second kappa shape index (κ2) is 4.95. The van der Waals surface area contributed by atoms with Gasteiger partial charge in [0.1, 0.15) is 11.6 Å². The third-order valence-corrected chi connectivity index (χ3v) is 3.20. The maximum absolute atomic E-state index is 4.32. The zero-order valence-electron chi connectivity index (χ0n) is 10.5. The summed E-state index contributed by atoms with van der Waals surface area (Å²) in [6, 6.07) is 0.602. The molecule has 0 spiro atoms. The molecule has 1 aromatic heterocycles. The number of rotatable bonds is 3. The summed E-state index contributed by atoms with van der Waals surface area (Å²) in [6.45, 7) is 8.76. The summed E-state index contributed by atoms with van der Waals surface area (Å²) in [6.07, 6.45) is 3.43. The number of hydrogen-bond donors (Lipinski definition) is 1. The average molecular weight is 222 g/mol. The molecule has 0 aliphatic carbocycles. The van der Waals surface area contributed by atoms with Gasteiger partial charge in [-0.3, -0.25) is 0 Å². The van der Waals surface area contributed by atoms with E-state index >= 15 is 0 Å². The van der Waals surface area contributed by atoms with Crippen molar-refractivity contribution in [2.24, 2.45) is 5.92 Å². The van der Waals surface area contributed by atoms with Crippen LogP contribution in [0.4, 0.5) is 0 Å². The summed E-state index contributed by atoms with van der Waals surface area (Å²) in [5.41, 5.74) is 0. The first-order chi connectivity index (χ1) is 7.68. The van der Waals surface area contributed by atoms with Gasteiger partial charge in [-0.2, -0.15) is 0 Å². The Morgan fingerprint density at radius 2 is 2.00 bits per heavy atom. The lowest BCUT2D eigenvalue weighted by molar-refractivity contribution is 0.351. The van der Waals surface area contributed by atoms with Gasteiger partial charge in [0.2, 0.25) is 0 Å². The van der Waals surface area contributed by atoms with Gasteiger partial charge in [0.15, 0.2) is 0 Å². The van der Waals surface area contributed by atoms with Gasteiger partial charge in [-0.25, -0.2) is 0 Å².